The molecule has 2 aromatic heterocycles. The Hall–Kier alpha value is -1.93. The van der Waals surface area contributed by atoms with Gasteiger partial charge in [-0.3, -0.25) is 4.79 Å². The maximum absolute atomic E-state index is 12.3. The Kier molecular flexibility index (Phi) is 4.92. The number of urea groups is 1. The van der Waals surface area contributed by atoms with E-state index in [-0.39, 0.29) is 18.0 Å². The average molecular weight is 350 g/mol. The summed E-state index contributed by atoms with van der Waals surface area (Å²) >= 11 is 3.22. The molecule has 1 fully saturated rings. The molecule has 0 unspecified atom stereocenters. The third kappa shape index (κ3) is 3.53. The van der Waals surface area contributed by atoms with Gasteiger partial charge in [0, 0.05) is 18.5 Å². The van der Waals surface area contributed by atoms with Crippen LogP contribution in [0, 0.1) is 0 Å². The van der Waals surface area contributed by atoms with E-state index in [9.17, 15) is 9.59 Å². The highest BCUT2D eigenvalue weighted by Crippen LogP contribution is 2.27. The number of carbonyl (C=O) groups excluding carboxylic acids is 2. The van der Waals surface area contributed by atoms with Gasteiger partial charge in [0.1, 0.15) is 11.0 Å². The quantitative estimate of drug-likeness (QED) is 0.888. The first kappa shape index (κ1) is 15.9. The fraction of sp³-hybridized carbons (Fsp3) is 0.400. The van der Waals surface area contributed by atoms with Gasteiger partial charge >= 0.3 is 6.03 Å². The maximum Gasteiger partial charge on any atom is 0.318 e. The smallest absolute Gasteiger partial charge is 0.318 e. The lowest BCUT2D eigenvalue weighted by Gasteiger charge is -2.34. The summed E-state index contributed by atoms with van der Waals surface area (Å²) in [5.74, 6) is -0.0810. The van der Waals surface area contributed by atoms with Gasteiger partial charge in [-0.25, -0.2) is 9.78 Å². The highest BCUT2D eigenvalue weighted by Gasteiger charge is 2.31. The summed E-state index contributed by atoms with van der Waals surface area (Å²) in [5.41, 5.74) is 0.834. The third-order valence-electron chi connectivity index (χ3n) is 3.68. The number of thiazole rings is 1. The summed E-state index contributed by atoms with van der Waals surface area (Å²) in [6, 6.07) is 3.43. The molecule has 1 aliphatic rings. The summed E-state index contributed by atoms with van der Waals surface area (Å²) in [4.78, 5) is 31.4. The predicted molar refractivity (Wildman–Crippen MR) is 91.5 cm³/mol. The molecule has 1 atom stereocenters. The van der Waals surface area contributed by atoms with Crippen molar-refractivity contribution in [2.75, 3.05) is 13.1 Å². The number of amides is 3. The minimum atomic E-state index is -0.388. The number of piperazine rings is 1. The lowest BCUT2D eigenvalue weighted by atomic mass is 10.1. The maximum atomic E-state index is 12.3. The Balaban J connectivity index is 1.59. The molecule has 1 saturated heterocycles. The molecular formula is C15H18N4O2S2. The van der Waals surface area contributed by atoms with E-state index in [2.05, 4.69) is 15.6 Å². The Labute approximate surface area is 142 Å². The van der Waals surface area contributed by atoms with Gasteiger partial charge in [0.05, 0.1) is 17.1 Å². The van der Waals surface area contributed by atoms with Crippen molar-refractivity contribution in [3.8, 4) is 9.88 Å². The van der Waals surface area contributed by atoms with Crippen LogP contribution < -0.4 is 10.6 Å². The molecule has 3 rings (SSSR count). The molecule has 23 heavy (non-hydrogen) atoms. The van der Waals surface area contributed by atoms with Gasteiger partial charge in [-0.05, 0) is 17.9 Å². The van der Waals surface area contributed by atoms with Crippen LogP contribution in [-0.4, -0.2) is 41.0 Å². The fourth-order valence-corrected chi connectivity index (χ4v) is 4.17. The minimum absolute atomic E-state index is 0.0810. The van der Waals surface area contributed by atoms with Crippen LogP contribution in [0.3, 0.4) is 0 Å². The van der Waals surface area contributed by atoms with E-state index in [0.717, 1.165) is 15.6 Å². The highest BCUT2D eigenvalue weighted by atomic mass is 32.1. The van der Waals surface area contributed by atoms with Crippen molar-refractivity contribution >= 4 is 34.6 Å². The van der Waals surface area contributed by atoms with Crippen molar-refractivity contribution in [3.63, 3.8) is 0 Å². The van der Waals surface area contributed by atoms with Crippen LogP contribution in [0.4, 0.5) is 4.79 Å². The number of aromatic nitrogens is 1. The highest BCUT2D eigenvalue weighted by molar-refractivity contribution is 7.20. The van der Waals surface area contributed by atoms with Crippen LogP contribution >= 0.6 is 22.7 Å². The van der Waals surface area contributed by atoms with Gasteiger partial charge in [-0.15, -0.1) is 22.7 Å². The van der Waals surface area contributed by atoms with Crippen LogP contribution in [0.15, 0.2) is 22.9 Å². The first-order valence-electron chi connectivity index (χ1n) is 7.49. The molecule has 2 aromatic rings. The van der Waals surface area contributed by atoms with Crippen molar-refractivity contribution in [1.29, 1.82) is 0 Å². The Bertz CT molecular complexity index is 683. The molecule has 3 heterocycles. The summed E-state index contributed by atoms with van der Waals surface area (Å²) in [6.07, 6.45) is 0.610. The zero-order valence-corrected chi connectivity index (χ0v) is 14.4. The number of hydrogen-bond donors (Lipinski definition) is 2. The zero-order chi connectivity index (χ0) is 16.2. The second-order valence-corrected chi connectivity index (χ2v) is 6.99. The predicted octanol–water partition coefficient (Wildman–Crippen LogP) is 2.29. The molecule has 2 N–H and O–H groups in total. The van der Waals surface area contributed by atoms with E-state index in [1.165, 1.54) is 0 Å². The summed E-state index contributed by atoms with van der Waals surface area (Å²) < 4.78 is 0. The first-order valence-corrected chi connectivity index (χ1v) is 9.25. The Morgan fingerprint density at radius 2 is 2.39 bits per heavy atom. The Morgan fingerprint density at radius 1 is 1.52 bits per heavy atom. The molecule has 0 saturated carbocycles. The average Bonchev–Trinajstić information content (AvgIpc) is 3.23. The number of rotatable bonds is 4. The largest absolute Gasteiger partial charge is 0.353 e. The normalized spacial score (nSPS) is 17.9. The van der Waals surface area contributed by atoms with Gasteiger partial charge in [0.2, 0.25) is 5.91 Å². The molecule has 3 amide bonds. The molecule has 0 radical (unpaired) electrons. The van der Waals surface area contributed by atoms with Crippen molar-refractivity contribution in [2.24, 2.45) is 0 Å². The third-order valence-corrected chi connectivity index (χ3v) is 5.61. The van der Waals surface area contributed by atoms with Gasteiger partial charge in [-0.1, -0.05) is 13.0 Å². The summed E-state index contributed by atoms with van der Waals surface area (Å²) in [6.45, 7) is 3.31. The van der Waals surface area contributed by atoms with E-state index >= 15 is 0 Å². The van der Waals surface area contributed by atoms with Crippen LogP contribution in [-0.2, 0) is 11.3 Å². The molecule has 8 heteroatoms. The molecule has 0 bridgehead atoms. The molecule has 0 spiro atoms. The van der Waals surface area contributed by atoms with E-state index in [0.29, 0.717) is 26.1 Å². The molecule has 0 aliphatic carbocycles. The van der Waals surface area contributed by atoms with E-state index < -0.39 is 0 Å². The fourth-order valence-electron chi connectivity index (χ4n) is 2.53. The number of nitrogens with one attached hydrogen (secondary N) is 2. The van der Waals surface area contributed by atoms with E-state index in [1.54, 1.807) is 27.6 Å². The van der Waals surface area contributed by atoms with Crippen LogP contribution in [0.1, 0.15) is 19.0 Å². The van der Waals surface area contributed by atoms with Gasteiger partial charge in [-0.2, -0.15) is 0 Å². The molecule has 6 nitrogen and oxygen atoms in total. The van der Waals surface area contributed by atoms with Crippen LogP contribution in [0.2, 0.25) is 0 Å². The molecule has 1 aliphatic heterocycles. The van der Waals surface area contributed by atoms with Crippen molar-refractivity contribution in [2.45, 2.75) is 25.9 Å². The number of nitrogens with zero attached hydrogens (tertiary/aromatic N) is 2. The second kappa shape index (κ2) is 7.10. The second-order valence-electron chi connectivity index (χ2n) is 5.19. The zero-order valence-electron chi connectivity index (χ0n) is 12.7. The van der Waals surface area contributed by atoms with Crippen molar-refractivity contribution < 1.29 is 9.59 Å². The number of hydrogen-bond acceptors (Lipinski definition) is 5. The first-order chi connectivity index (χ1) is 11.2. The number of carbonyl (C=O) groups is 2. The van der Waals surface area contributed by atoms with E-state index in [4.69, 9.17) is 0 Å². The van der Waals surface area contributed by atoms with Crippen LogP contribution in [0.5, 0.6) is 0 Å². The topological polar surface area (TPSA) is 74.3 Å². The van der Waals surface area contributed by atoms with Gasteiger partial charge in [0.15, 0.2) is 0 Å². The SMILES string of the molecule is CC[C@@H]1C(=O)NCCN1C(=O)NCc1csc(-c2cccs2)n1. The monoisotopic (exact) mass is 350 g/mol. The summed E-state index contributed by atoms with van der Waals surface area (Å²) in [7, 11) is 0. The number of thiophene rings is 1. The summed E-state index contributed by atoms with van der Waals surface area (Å²) in [5, 5.41) is 10.6. The van der Waals surface area contributed by atoms with E-state index in [1.807, 2.05) is 29.8 Å². The Morgan fingerprint density at radius 3 is 3.13 bits per heavy atom. The lowest BCUT2D eigenvalue weighted by molar-refractivity contribution is -0.127. The molecule has 122 valence electrons. The minimum Gasteiger partial charge on any atom is -0.353 e. The van der Waals surface area contributed by atoms with Gasteiger partial charge < -0.3 is 15.5 Å². The van der Waals surface area contributed by atoms with Gasteiger partial charge in [0.25, 0.3) is 0 Å². The van der Waals surface area contributed by atoms with Crippen molar-refractivity contribution in [1.82, 2.24) is 20.5 Å². The standard InChI is InChI=1S/C15H18N4O2S2/c1-2-11-13(20)16-5-6-19(11)15(21)17-8-10-9-23-14(18-10)12-4-3-7-22-12/h3-4,7,9,11H,2,5-6,8H2,1H3,(H,16,20)(H,17,21)/t11-/m1/s1. The molecule has 0 aromatic carbocycles. The molecular weight excluding hydrogens is 332 g/mol. The lowest BCUT2D eigenvalue weighted by Crippen LogP contribution is -2.59. The van der Waals surface area contributed by atoms with Crippen molar-refractivity contribution in [3.05, 3.63) is 28.6 Å². The van der Waals surface area contributed by atoms with Crippen LogP contribution in [0.25, 0.3) is 9.88 Å².